The van der Waals surface area contributed by atoms with Crippen molar-refractivity contribution in [2.75, 3.05) is 13.1 Å². The van der Waals surface area contributed by atoms with Gasteiger partial charge in [-0.25, -0.2) is 9.18 Å². The average Bonchev–Trinajstić information content (AvgIpc) is 3.13. The molecule has 0 radical (unpaired) electrons. The molecule has 2 aliphatic rings. The van der Waals surface area contributed by atoms with Gasteiger partial charge in [-0.3, -0.25) is 0 Å². The van der Waals surface area contributed by atoms with Gasteiger partial charge in [0.05, 0.1) is 5.56 Å². The van der Waals surface area contributed by atoms with Crippen LogP contribution in [-0.2, 0) is 11.7 Å². The summed E-state index contributed by atoms with van der Waals surface area (Å²) in [4.78, 5) is 12.5. The highest BCUT2D eigenvalue weighted by atomic mass is 19.4. The number of amides is 1. The van der Waals surface area contributed by atoms with Crippen molar-refractivity contribution in [1.29, 1.82) is 0 Å². The Morgan fingerprint density at radius 2 is 2.08 bits per heavy atom. The normalized spacial score (nSPS) is 22.7. The number of nitrogens with one attached hydrogen (secondary N) is 1. The lowest BCUT2D eigenvalue weighted by atomic mass is 10.0. The van der Waals surface area contributed by atoms with Crippen molar-refractivity contribution in [3.05, 3.63) is 35.1 Å². The molecule has 0 unspecified atom stereocenters. The van der Waals surface area contributed by atoms with Crippen LogP contribution in [0.5, 0.6) is 0 Å². The number of nitrogens with zero attached hydrogens (tertiary/aromatic N) is 1. The minimum Gasteiger partial charge on any atom is -0.465 e. The maximum atomic E-state index is 13.4. The van der Waals surface area contributed by atoms with Gasteiger partial charge >= 0.3 is 12.3 Å². The first-order valence-corrected chi connectivity index (χ1v) is 7.85. The number of benzene rings is 1. The monoisotopic (exact) mass is 346 g/mol. The molecule has 0 spiro atoms. The summed E-state index contributed by atoms with van der Waals surface area (Å²) in [5.41, 5.74) is -1.47. The Morgan fingerprint density at radius 1 is 1.38 bits per heavy atom. The Morgan fingerprint density at radius 3 is 2.67 bits per heavy atom. The molecule has 132 valence electrons. The number of likely N-dealkylation sites (tertiary alicyclic amines) is 1. The number of hydrogen-bond donors (Lipinski definition) is 2. The molecule has 1 atom stereocenters. The number of carbonyl (C=O) groups is 1. The number of carboxylic acid groups (broad SMARTS) is 1. The highest BCUT2D eigenvalue weighted by Gasteiger charge is 2.46. The molecule has 2 fully saturated rings. The molecule has 24 heavy (non-hydrogen) atoms. The van der Waals surface area contributed by atoms with Gasteiger partial charge < -0.3 is 15.3 Å². The molecule has 0 bridgehead atoms. The van der Waals surface area contributed by atoms with E-state index < -0.39 is 29.2 Å². The van der Waals surface area contributed by atoms with E-state index in [1.54, 1.807) is 0 Å². The SMILES string of the molecule is O=C(O)N1CCC[C@H]1CNC1(c2ccc(F)c(C(F)(F)F)c2)CC1. The zero-order valence-electron chi connectivity index (χ0n) is 12.9. The molecule has 1 saturated heterocycles. The van der Waals surface area contributed by atoms with Crippen LogP contribution in [0.4, 0.5) is 22.4 Å². The van der Waals surface area contributed by atoms with Crippen molar-refractivity contribution in [1.82, 2.24) is 10.2 Å². The molecule has 1 aliphatic heterocycles. The van der Waals surface area contributed by atoms with Gasteiger partial charge in [0.2, 0.25) is 0 Å². The molecule has 1 aliphatic carbocycles. The standard InChI is InChI=1S/C16H18F4N2O2/c17-13-4-3-10(8-12(13)16(18,19)20)15(5-6-15)21-9-11-2-1-7-22(11)14(23)24/h3-4,8,11,21H,1-2,5-7,9H2,(H,23,24)/t11-/m0/s1. The van der Waals surface area contributed by atoms with Crippen molar-refractivity contribution in [2.45, 2.75) is 43.4 Å². The fourth-order valence-corrected chi connectivity index (χ4v) is 3.35. The summed E-state index contributed by atoms with van der Waals surface area (Å²) in [6, 6.07) is 2.90. The lowest BCUT2D eigenvalue weighted by Crippen LogP contribution is -2.44. The highest BCUT2D eigenvalue weighted by molar-refractivity contribution is 5.65. The van der Waals surface area contributed by atoms with Gasteiger partial charge in [0, 0.05) is 24.7 Å². The van der Waals surface area contributed by atoms with Crippen LogP contribution in [0, 0.1) is 5.82 Å². The number of hydrogen-bond acceptors (Lipinski definition) is 2. The van der Waals surface area contributed by atoms with Crippen LogP contribution in [0.25, 0.3) is 0 Å². The first-order chi connectivity index (χ1) is 11.2. The van der Waals surface area contributed by atoms with Gasteiger partial charge in [0.25, 0.3) is 0 Å². The quantitative estimate of drug-likeness (QED) is 0.820. The van der Waals surface area contributed by atoms with E-state index in [0.717, 1.165) is 25.0 Å². The Bertz CT molecular complexity index is 643. The lowest BCUT2D eigenvalue weighted by Gasteiger charge is -2.26. The van der Waals surface area contributed by atoms with Crippen molar-refractivity contribution < 1.29 is 27.5 Å². The van der Waals surface area contributed by atoms with E-state index >= 15 is 0 Å². The van der Waals surface area contributed by atoms with Gasteiger partial charge in [-0.2, -0.15) is 13.2 Å². The van der Waals surface area contributed by atoms with Crippen molar-refractivity contribution in [3.8, 4) is 0 Å². The van der Waals surface area contributed by atoms with Crippen molar-refractivity contribution in [3.63, 3.8) is 0 Å². The topological polar surface area (TPSA) is 52.6 Å². The van der Waals surface area contributed by atoms with Crippen LogP contribution < -0.4 is 5.32 Å². The van der Waals surface area contributed by atoms with E-state index in [4.69, 9.17) is 5.11 Å². The number of halogens is 4. The van der Waals surface area contributed by atoms with E-state index in [1.807, 2.05) is 0 Å². The minimum absolute atomic E-state index is 0.178. The molecule has 8 heteroatoms. The van der Waals surface area contributed by atoms with Gasteiger partial charge in [0.15, 0.2) is 0 Å². The maximum Gasteiger partial charge on any atom is 0.419 e. The molecule has 4 nitrogen and oxygen atoms in total. The fraction of sp³-hybridized carbons (Fsp3) is 0.562. The van der Waals surface area contributed by atoms with Crippen LogP contribution in [0.15, 0.2) is 18.2 Å². The lowest BCUT2D eigenvalue weighted by molar-refractivity contribution is -0.140. The third kappa shape index (κ3) is 3.19. The first kappa shape index (κ1) is 17.0. The van der Waals surface area contributed by atoms with Crippen LogP contribution in [-0.4, -0.2) is 35.2 Å². The zero-order valence-corrected chi connectivity index (χ0v) is 12.9. The van der Waals surface area contributed by atoms with Gasteiger partial charge in [0.1, 0.15) is 5.82 Å². The average molecular weight is 346 g/mol. The summed E-state index contributed by atoms with van der Waals surface area (Å²) in [5, 5.41) is 12.4. The third-order valence-electron chi connectivity index (χ3n) is 4.87. The summed E-state index contributed by atoms with van der Waals surface area (Å²) < 4.78 is 52.1. The Hall–Kier alpha value is -1.83. The minimum atomic E-state index is -4.73. The molecule has 3 rings (SSSR count). The van der Waals surface area contributed by atoms with Gasteiger partial charge in [-0.1, -0.05) is 6.07 Å². The van der Waals surface area contributed by atoms with Crippen molar-refractivity contribution in [2.24, 2.45) is 0 Å². The van der Waals surface area contributed by atoms with Gasteiger partial charge in [-0.15, -0.1) is 0 Å². The fourth-order valence-electron chi connectivity index (χ4n) is 3.35. The summed E-state index contributed by atoms with van der Waals surface area (Å²) in [5.74, 6) is -1.28. The summed E-state index contributed by atoms with van der Waals surface area (Å²) in [6.45, 7) is 0.856. The predicted molar refractivity (Wildman–Crippen MR) is 78.1 cm³/mol. The second-order valence-corrected chi connectivity index (χ2v) is 6.43. The first-order valence-electron chi connectivity index (χ1n) is 7.85. The summed E-state index contributed by atoms with van der Waals surface area (Å²) >= 11 is 0. The smallest absolute Gasteiger partial charge is 0.419 e. The number of alkyl halides is 3. The second kappa shape index (κ2) is 5.91. The molecule has 1 amide bonds. The molecular weight excluding hydrogens is 328 g/mol. The van der Waals surface area contributed by atoms with E-state index in [9.17, 15) is 22.4 Å². The third-order valence-corrected chi connectivity index (χ3v) is 4.87. The van der Waals surface area contributed by atoms with E-state index in [-0.39, 0.29) is 6.04 Å². The molecule has 1 aromatic rings. The zero-order chi connectivity index (χ0) is 17.5. The van der Waals surface area contributed by atoms with Crippen LogP contribution in [0.3, 0.4) is 0 Å². The summed E-state index contributed by atoms with van der Waals surface area (Å²) in [6.07, 6.45) is -2.91. The van der Waals surface area contributed by atoms with Crippen molar-refractivity contribution >= 4 is 6.09 Å². The van der Waals surface area contributed by atoms with Gasteiger partial charge in [-0.05, 0) is 43.4 Å². The van der Waals surface area contributed by atoms with Crippen LogP contribution >= 0.6 is 0 Å². The number of rotatable bonds is 4. The van der Waals surface area contributed by atoms with Crippen LogP contribution in [0.1, 0.15) is 36.8 Å². The summed E-state index contributed by atoms with van der Waals surface area (Å²) in [7, 11) is 0. The second-order valence-electron chi connectivity index (χ2n) is 6.43. The van der Waals surface area contributed by atoms with E-state index in [0.29, 0.717) is 31.5 Å². The Labute approximate surface area is 136 Å². The highest BCUT2D eigenvalue weighted by Crippen LogP contribution is 2.47. The largest absolute Gasteiger partial charge is 0.465 e. The van der Waals surface area contributed by atoms with E-state index in [1.165, 1.54) is 11.0 Å². The Kier molecular flexibility index (Phi) is 4.19. The van der Waals surface area contributed by atoms with E-state index in [2.05, 4.69) is 5.32 Å². The maximum absolute atomic E-state index is 13.4. The predicted octanol–water partition coefficient (Wildman–Crippen LogP) is 3.57. The molecule has 1 aromatic carbocycles. The Balaban J connectivity index is 1.74. The molecule has 1 saturated carbocycles. The molecule has 0 aromatic heterocycles. The van der Waals surface area contributed by atoms with Crippen LogP contribution in [0.2, 0.25) is 0 Å². The molecule has 1 heterocycles. The molecular formula is C16H18F4N2O2. The molecule has 2 N–H and O–H groups in total.